The van der Waals surface area contributed by atoms with Crippen LogP contribution < -0.4 is 5.32 Å². The summed E-state index contributed by atoms with van der Waals surface area (Å²) in [6, 6.07) is 0.232. The first-order valence-corrected chi connectivity index (χ1v) is 9.61. The van der Waals surface area contributed by atoms with Gasteiger partial charge in [-0.25, -0.2) is 8.42 Å². The van der Waals surface area contributed by atoms with Gasteiger partial charge in [0, 0.05) is 19.1 Å². The van der Waals surface area contributed by atoms with Crippen molar-refractivity contribution >= 4 is 10.0 Å². The van der Waals surface area contributed by atoms with Gasteiger partial charge in [0.25, 0.3) is 0 Å². The van der Waals surface area contributed by atoms with E-state index in [1.54, 1.807) is 0 Å². The van der Waals surface area contributed by atoms with Crippen molar-refractivity contribution < 1.29 is 8.42 Å². The van der Waals surface area contributed by atoms with E-state index in [4.69, 9.17) is 0 Å². The minimum absolute atomic E-state index is 0.232. The SMILES string of the molecule is CCCNCC(C)S(=O)(=O)N(CC(C)C)C1CCCC1. The van der Waals surface area contributed by atoms with Crippen molar-refractivity contribution in [2.24, 2.45) is 5.92 Å². The van der Waals surface area contributed by atoms with Crippen molar-refractivity contribution in [3.8, 4) is 0 Å². The van der Waals surface area contributed by atoms with Gasteiger partial charge < -0.3 is 5.32 Å². The molecule has 0 heterocycles. The molecule has 1 N–H and O–H groups in total. The van der Waals surface area contributed by atoms with Crippen LogP contribution in [0.15, 0.2) is 0 Å². The third-order valence-electron chi connectivity index (χ3n) is 3.97. The number of sulfonamides is 1. The van der Waals surface area contributed by atoms with Crippen LogP contribution in [0.4, 0.5) is 0 Å². The Morgan fingerprint density at radius 2 is 1.80 bits per heavy atom. The Hall–Kier alpha value is -0.130. The number of hydrogen-bond donors (Lipinski definition) is 1. The number of nitrogens with zero attached hydrogens (tertiary/aromatic N) is 1. The molecular weight excluding hydrogens is 272 g/mol. The number of rotatable bonds is 9. The number of hydrogen-bond acceptors (Lipinski definition) is 3. The molecule has 0 aliphatic heterocycles. The van der Waals surface area contributed by atoms with Gasteiger partial charge in [-0.15, -0.1) is 0 Å². The van der Waals surface area contributed by atoms with Crippen molar-refractivity contribution in [2.75, 3.05) is 19.6 Å². The van der Waals surface area contributed by atoms with E-state index < -0.39 is 10.0 Å². The van der Waals surface area contributed by atoms with Crippen LogP contribution in [0.2, 0.25) is 0 Å². The van der Waals surface area contributed by atoms with Crippen molar-refractivity contribution in [1.29, 1.82) is 0 Å². The molecule has 5 heteroatoms. The highest BCUT2D eigenvalue weighted by atomic mass is 32.2. The van der Waals surface area contributed by atoms with Gasteiger partial charge in [0.1, 0.15) is 0 Å². The van der Waals surface area contributed by atoms with E-state index in [1.807, 2.05) is 11.2 Å². The van der Waals surface area contributed by atoms with Crippen LogP contribution in [0, 0.1) is 5.92 Å². The van der Waals surface area contributed by atoms with E-state index in [9.17, 15) is 8.42 Å². The Labute approximate surface area is 125 Å². The highest BCUT2D eigenvalue weighted by Crippen LogP contribution is 2.28. The van der Waals surface area contributed by atoms with Gasteiger partial charge in [0.15, 0.2) is 0 Å². The summed E-state index contributed by atoms with van der Waals surface area (Å²) in [5.74, 6) is 0.376. The van der Waals surface area contributed by atoms with E-state index in [2.05, 4.69) is 26.1 Å². The molecule has 1 aliphatic rings. The van der Waals surface area contributed by atoms with Crippen LogP contribution in [-0.4, -0.2) is 43.6 Å². The second-order valence-corrected chi connectivity index (χ2v) is 8.77. The summed E-state index contributed by atoms with van der Waals surface area (Å²) < 4.78 is 27.5. The first kappa shape index (κ1) is 17.9. The smallest absolute Gasteiger partial charge is 0.218 e. The topological polar surface area (TPSA) is 49.4 Å². The molecule has 0 aromatic carbocycles. The molecular formula is C15H32N2O2S. The molecule has 20 heavy (non-hydrogen) atoms. The normalized spacial score (nSPS) is 19.1. The quantitative estimate of drug-likeness (QED) is 0.666. The van der Waals surface area contributed by atoms with E-state index >= 15 is 0 Å². The van der Waals surface area contributed by atoms with Gasteiger partial charge >= 0.3 is 0 Å². The Morgan fingerprint density at radius 1 is 1.20 bits per heavy atom. The third-order valence-corrected chi connectivity index (χ3v) is 6.26. The fraction of sp³-hybridized carbons (Fsp3) is 1.00. The Balaban J connectivity index is 2.75. The summed E-state index contributed by atoms with van der Waals surface area (Å²) >= 11 is 0. The van der Waals surface area contributed by atoms with Crippen LogP contribution in [0.25, 0.3) is 0 Å². The predicted octanol–water partition coefficient (Wildman–Crippen LogP) is 2.60. The Kier molecular flexibility index (Phi) is 7.48. The lowest BCUT2D eigenvalue weighted by atomic mass is 10.2. The van der Waals surface area contributed by atoms with Gasteiger partial charge in [-0.2, -0.15) is 4.31 Å². The second kappa shape index (κ2) is 8.35. The summed E-state index contributed by atoms with van der Waals surface area (Å²) in [7, 11) is -3.19. The average molecular weight is 305 g/mol. The molecule has 1 aliphatic carbocycles. The maximum absolute atomic E-state index is 12.8. The predicted molar refractivity (Wildman–Crippen MR) is 85.3 cm³/mol. The summed E-state index contributed by atoms with van der Waals surface area (Å²) in [6.45, 7) is 10.2. The molecule has 1 saturated carbocycles. The van der Waals surface area contributed by atoms with E-state index in [-0.39, 0.29) is 11.3 Å². The van der Waals surface area contributed by atoms with Gasteiger partial charge in [-0.3, -0.25) is 0 Å². The summed E-state index contributed by atoms with van der Waals surface area (Å²) in [5, 5.41) is 2.89. The maximum Gasteiger partial charge on any atom is 0.218 e. The van der Waals surface area contributed by atoms with Crippen LogP contribution in [-0.2, 0) is 10.0 Å². The molecule has 0 aromatic heterocycles. The maximum atomic E-state index is 12.8. The summed E-state index contributed by atoms with van der Waals surface area (Å²) in [4.78, 5) is 0. The number of nitrogens with one attached hydrogen (secondary N) is 1. The second-order valence-electron chi connectivity index (χ2n) is 6.46. The Bertz CT molecular complexity index is 362. The van der Waals surface area contributed by atoms with Gasteiger partial charge in [-0.05, 0) is 38.6 Å². The first-order chi connectivity index (χ1) is 9.39. The standard InChI is InChI=1S/C15H32N2O2S/c1-5-10-16-11-14(4)20(18,19)17(12-13(2)3)15-8-6-7-9-15/h13-16H,5-12H2,1-4H3. The fourth-order valence-electron chi connectivity index (χ4n) is 2.83. The molecule has 120 valence electrons. The minimum Gasteiger partial charge on any atom is -0.315 e. The zero-order chi connectivity index (χ0) is 15.2. The zero-order valence-electron chi connectivity index (χ0n) is 13.6. The van der Waals surface area contributed by atoms with Crippen LogP contribution in [0.3, 0.4) is 0 Å². The lowest BCUT2D eigenvalue weighted by Crippen LogP contribution is -2.47. The molecule has 4 nitrogen and oxygen atoms in total. The molecule has 1 rings (SSSR count). The molecule has 0 spiro atoms. The molecule has 0 amide bonds. The van der Waals surface area contributed by atoms with E-state index in [0.29, 0.717) is 19.0 Å². The third kappa shape index (κ3) is 5.01. The fourth-order valence-corrected chi connectivity index (χ4v) is 4.75. The van der Waals surface area contributed by atoms with Crippen molar-refractivity contribution in [2.45, 2.75) is 71.1 Å². The Morgan fingerprint density at radius 3 is 2.30 bits per heavy atom. The average Bonchev–Trinajstić information content (AvgIpc) is 2.89. The van der Waals surface area contributed by atoms with Crippen LogP contribution in [0.5, 0.6) is 0 Å². The highest BCUT2D eigenvalue weighted by Gasteiger charge is 2.35. The molecule has 0 bridgehead atoms. The minimum atomic E-state index is -3.19. The molecule has 1 atom stereocenters. The lowest BCUT2D eigenvalue weighted by molar-refractivity contribution is 0.289. The van der Waals surface area contributed by atoms with Gasteiger partial charge in [-0.1, -0.05) is 33.6 Å². The lowest BCUT2D eigenvalue weighted by Gasteiger charge is -2.32. The van der Waals surface area contributed by atoms with Crippen LogP contribution in [0.1, 0.15) is 59.8 Å². The van der Waals surface area contributed by atoms with Crippen molar-refractivity contribution in [3.05, 3.63) is 0 Å². The molecule has 1 fully saturated rings. The molecule has 0 radical (unpaired) electrons. The zero-order valence-corrected chi connectivity index (χ0v) is 14.4. The summed E-state index contributed by atoms with van der Waals surface area (Å²) in [6.07, 6.45) is 5.42. The van der Waals surface area contributed by atoms with Crippen molar-refractivity contribution in [3.63, 3.8) is 0 Å². The van der Waals surface area contributed by atoms with Crippen molar-refractivity contribution in [1.82, 2.24) is 9.62 Å². The van der Waals surface area contributed by atoms with Gasteiger partial charge in [0.2, 0.25) is 10.0 Å². The molecule has 0 saturated heterocycles. The molecule has 0 aromatic rings. The van der Waals surface area contributed by atoms with Gasteiger partial charge in [0.05, 0.1) is 5.25 Å². The monoisotopic (exact) mass is 304 g/mol. The van der Waals surface area contributed by atoms with Crippen LogP contribution >= 0.6 is 0 Å². The largest absolute Gasteiger partial charge is 0.315 e. The molecule has 1 unspecified atom stereocenters. The van der Waals surface area contributed by atoms with E-state index in [0.717, 1.165) is 38.6 Å². The van der Waals surface area contributed by atoms with E-state index in [1.165, 1.54) is 0 Å². The first-order valence-electron chi connectivity index (χ1n) is 8.11. The summed E-state index contributed by atoms with van der Waals surface area (Å²) in [5.41, 5.74) is 0. The highest BCUT2D eigenvalue weighted by molar-refractivity contribution is 7.89.